The van der Waals surface area contributed by atoms with Crippen LogP contribution in [-0.4, -0.2) is 29.8 Å². The Morgan fingerprint density at radius 1 is 0.339 bits per heavy atom. The molecule has 0 bridgehead atoms. The molecule has 5 aromatic carbocycles. The molecule has 0 heterocycles. The fraction of sp³-hybridized carbons (Fsp3) is 0.152. The predicted molar refractivity (Wildman–Crippen MR) is 210 cm³/mol. The fourth-order valence-corrected chi connectivity index (χ4v) is 7.05. The second-order valence-corrected chi connectivity index (χ2v) is 13.2. The van der Waals surface area contributed by atoms with Gasteiger partial charge in [0, 0.05) is 40.0 Å². The number of hydrogen-bond acceptors (Lipinski definition) is 10. The third-order valence-electron chi connectivity index (χ3n) is 9.06. The summed E-state index contributed by atoms with van der Waals surface area (Å²) in [4.78, 5) is 59.4. The van der Waals surface area contributed by atoms with Gasteiger partial charge in [-0.15, -0.1) is 0 Å². The van der Waals surface area contributed by atoms with Crippen LogP contribution in [0.25, 0.3) is 22.3 Å². The normalized spacial score (nSPS) is 13.2. The van der Waals surface area contributed by atoms with Crippen molar-refractivity contribution >= 4 is 52.1 Å². The van der Waals surface area contributed by atoms with Crippen molar-refractivity contribution in [3.05, 3.63) is 149 Å². The van der Waals surface area contributed by atoms with Gasteiger partial charge in [-0.2, -0.15) is 0 Å². The van der Waals surface area contributed by atoms with Crippen LogP contribution in [0, 0.1) is 0 Å². The van der Waals surface area contributed by atoms with Crippen molar-refractivity contribution in [2.75, 3.05) is 0 Å². The van der Waals surface area contributed by atoms with Gasteiger partial charge in [0.1, 0.15) is 28.7 Å². The molecule has 1 aliphatic rings. The average Bonchev–Trinajstić information content (AvgIpc) is 3.41. The molecule has 0 saturated carbocycles. The van der Waals surface area contributed by atoms with Crippen LogP contribution in [0.15, 0.2) is 121 Å². The van der Waals surface area contributed by atoms with Crippen molar-refractivity contribution in [2.24, 2.45) is 0 Å². The van der Waals surface area contributed by atoms with Crippen LogP contribution < -0.4 is 23.7 Å². The number of hydrogen-bond donors (Lipinski definition) is 0. The summed E-state index contributed by atoms with van der Waals surface area (Å²) in [6, 6.07) is 36.2. The number of ether oxygens (including phenoxy) is 5. The maximum absolute atomic E-state index is 11.9. The molecule has 0 aliphatic heterocycles. The van der Waals surface area contributed by atoms with E-state index in [1.54, 1.807) is 60.7 Å². The van der Waals surface area contributed by atoms with Crippen molar-refractivity contribution in [2.45, 2.75) is 47.0 Å². The van der Waals surface area contributed by atoms with Gasteiger partial charge in [0.05, 0.1) is 0 Å². The largest absolute Gasteiger partial charge is 0.427 e. The van der Waals surface area contributed by atoms with Crippen molar-refractivity contribution in [1.82, 2.24) is 0 Å². The maximum Gasteiger partial charge on any atom is 0.308 e. The van der Waals surface area contributed by atoms with Gasteiger partial charge in [-0.1, -0.05) is 60.7 Å². The number of allylic oxidation sites excluding steroid dienone is 4. The lowest BCUT2D eigenvalue weighted by atomic mass is 9.68. The molecule has 5 aromatic rings. The second-order valence-electron chi connectivity index (χ2n) is 13.2. The highest BCUT2D eigenvalue weighted by atomic mass is 16.5. The van der Waals surface area contributed by atoms with E-state index in [1.165, 1.54) is 34.6 Å². The van der Waals surface area contributed by atoms with Crippen LogP contribution in [0.1, 0.15) is 69.4 Å². The molecule has 0 N–H and O–H groups in total. The lowest BCUT2D eigenvalue weighted by molar-refractivity contribution is -0.132. The van der Waals surface area contributed by atoms with Gasteiger partial charge in [-0.3, -0.25) is 24.0 Å². The van der Waals surface area contributed by atoms with E-state index in [-0.39, 0.29) is 0 Å². The molecular weight excluding hydrogens is 712 g/mol. The van der Waals surface area contributed by atoms with E-state index in [9.17, 15) is 24.0 Å². The first-order valence-corrected chi connectivity index (χ1v) is 17.7. The standard InChI is InChI=1S/C46H38O10/c1-27(47)52-37-17-7-32(8-18-37)42-43(33-9-19-38(20-10-33)53-28(2)48)45(35-13-23-40(24-14-35)55-30(4)50)46(6,36-15-25-41(26-16-36)56-31(5)51)44(42)34-11-21-39(22-12-34)54-29(3)49/h7-26H,1-6H3. The molecule has 0 saturated heterocycles. The minimum atomic E-state index is -0.964. The SMILES string of the molecule is CC(=O)Oc1ccc(C2=C(c3ccc(OC(C)=O)cc3)C(C)(c3ccc(OC(C)=O)cc3)C(c3ccc(OC(C)=O)cc3)=C2c2ccc(OC(C)=O)cc2)cc1. The second kappa shape index (κ2) is 16.1. The molecular formula is C46H38O10. The highest BCUT2D eigenvalue weighted by Crippen LogP contribution is 2.62. The summed E-state index contributed by atoms with van der Waals surface area (Å²) in [7, 11) is 0. The molecule has 10 heteroatoms. The van der Waals surface area contributed by atoms with Crippen LogP contribution in [0.5, 0.6) is 28.7 Å². The zero-order valence-corrected chi connectivity index (χ0v) is 31.6. The lowest BCUT2D eigenvalue weighted by Crippen LogP contribution is -2.24. The maximum atomic E-state index is 11.9. The van der Waals surface area contributed by atoms with E-state index in [1.807, 2.05) is 60.7 Å². The molecule has 6 rings (SSSR count). The quantitative estimate of drug-likeness (QED) is 0.101. The fourth-order valence-electron chi connectivity index (χ4n) is 7.05. The van der Waals surface area contributed by atoms with E-state index in [0.29, 0.717) is 28.7 Å². The minimum absolute atomic E-state index is 0.369. The Morgan fingerprint density at radius 3 is 0.786 bits per heavy atom. The van der Waals surface area contributed by atoms with E-state index in [0.717, 1.165) is 50.1 Å². The van der Waals surface area contributed by atoms with Gasteiger partial charge in [-0.25, -0.2) is 0 Å². The van der Waals surface area contributed by atoms with E-state index in [2.05, 4.69) is 6.92 Å². The van der Waals surface area contributed by atoms with Crippen molar-refractivity contribution in [1.29, 1.82) is 0 Å². The van der Waals surface area contributed by atoms with Crippen LogP contribution in [0.3, 0.4) is 0 Å². The number of rotatable bonds is 10. The van der Waals surface area contributed by atoms with Gasteiger partial charge >= 0.3 is 29.8 Å². The molecule has 0 spiro atoms. The summed E-state index contributed by atoms with van der Waals surface area (Å²) in [5.41, 5.74) is 6.42. The first-order valence-electron chi connectivity index (χ1n) is 17.7. The van der Waals surface area contributed by atoms with E-state index >= 15 is 0 Å². The molecule has 0 unspecified atom stereocenters. The minimum Gasteiger partial charge on any atom is -0.427 e. The molecule has 282 valence electrons. The summed E-state index contributed by atoms with van der Waals surface area (Å²) in [5.74, 6) is -0.418. The van der Waals surface area contributed by atoms with Crippen LogP contribution in [-0.2, 0) is 29.4 Å². The van der Waals surface area contributed by atoms with Crippen LogP contribution in [0.4, 0.5) is 0 Å². The summed E-state index contributed by atoms with van der Waals surface area (Å²) < 4.78 is 27.0. The summed E-state index contributed by atoms with van der Waals surface area (Å²) in [6.07, 6.45) is 0. The molecule has 0 fully saturated rings. The third-order valence-corrected chi connectivity index (χ3v) is 9.06. The Morgan fingerprint density at radius 2 is 0.554 bits per heavy atom. The van der Waals surface area contributed by atoms with Gasteiger partial charge in [0.2, 0.25) is 0 Å². The summed E-state index contributed by atoms with van der Waals surface area (Å²) >= 11 is 0. The molecule has 1 aliphatic carbocycles. The topological polar surface area (TPSA) is 132 Å². The molecule has 0 aromatic heterocycles. The molecule has 56 heavy (non-hydrogen) atoms. The number of carbonyl (C=O) groups excluding carboxylic acids is 5. The summed E-state index contributed by atoms with van der Waals surface area (Å²) in [6.45, 7) is 8.79. The molecule has 0 amide bonds. The lowest BCUT2D eigenvalue weighted by Gasteiger charge is -2.34. The zero-order chi connectivity index (χ0) is 40.1. The van der Waals surface area contributed by atoms with Crippen molar-refractivity contribution in [3.63, 3.8) is 0 Å². The van der Waals surface area contributed by atoms with E-state index in [4.69, 9.17) is 23.7 Å². The van der Waals surface area contributed by atoms with Gasteiger partial charge in [0.25, 0.3) is 0 Å². The number of carbonyl (C=O) groups is 5. The van der Waals surface area contributed by atoms with Gasteiger partial charge < -0.3 is 23.7 Å². The molecule has 0 atom stereocenters. The third kappa shape index (κ3) is 8.34. The number of benzene rings is 5. The smallest absolute Gasteiger partial charge is 0.308 e. The Hall–Kier alpha value is -7.07. The Bertz CT molecular complexity index is 2240. The van der Waals surface area contributed by atoms with Gasteiger partial charge in [0.15, 0.2) is 0 Å². The van der Waals surface area contributed by atoms with Crippen molar-refractivity contribution in [3.8, 4) is 28.7 Å². The first kappa shape index (κ1) is 38.6. The van der Waals surface area contributed by atoms with Gasteiger partial charge in [-0.05, 0) is 118 Å². The monoisotopic (exact) mass is 750 g/mol. The number of esters is 5. The molecule has 0 radical (unpaired) electrons. The van der Waals surface area contributed by atoms with E-state index < -0.39 is 35.3 Å². The Balaban J connectivity index is 1.73. The molecule has 10 nitrogen and oxygen atoms in total. The average molecular weight is 751 g/mol. The highest BCUT2D eigenvalue weighted by molar-refractivity contribution is 6.31. The summed E-state index contributed by atoms with van der Waals surface area (Å²) in [5, 5.41) is 0. The predicted octanol–water partition coefficient (Wildman–Crippen LogP) is 8.81. The van der Waals surface area contributed by atoms with Crippen molar-refractivity contribution < 1.29 is 47.7 Å². The van der Waals surface area contributed by atoms with Crippen LogP contribution >= 0.6 is 0 Å². The first-order chi connectivity index (χ1) is 26.7. The van der Waals surface area contributed by atoms with Crippen LogP contribution in [0.2, 0.25) is 0 Å². The Kier molecular flexibility index (Phi) is 11.1. The Labute approximate surface area is 323 Å². The highest BCUT2D eigenvalue weighted by Gasteiger charge is 2.46. The zero-order valence-electron chi connectivity index (χ0n) is 31.6.